The number of carbonyl (C=O) groups is 1. The molecule has 1 aromatic heterocycles. The van der Waals surface area contributed by atoms with E-state index in [1.807, 2.05) is 0 Å². The third-order valence-electron chi connectivity index (χ3n) is 1.27. The van der Waals surface area contributed by atoms with Crippen molar-refractivity contribution in [3.63, 3.8) is 0 Å². The number of carbonyl (C=O) groups excluding carboxylic acids is 1. The SMILES string of the molecule is C#CCCNC(=O)c1nc(N)n[nH]1. The second kappa shape index (κ2) is 4.11. The van der Waals surface area contributed by atoms with Crippen LogP contribution in [0.2, 0.25) is 0 Å². The number of hydrogen-bond acceptors (Lipinski definition) is 4. The van der Waals surface area contributed by atoms with Gasteiger partial charge >= 0.3 is 0 Å². The van der Waals surface area contributed by atoms with Crippen LogP contribution in [0.1, 0.15) is 17.0 Å². The van der Waals surface area contributed by atoms with Crippen LogP contribution >= 0.6 is 0 Å². The summed E-state index contributed by atoms with van der Waals surface area (Å²) in [7, 11) is 0. The van der Waals surface area contributed by atoms with Gasteiger partial charge in [0.25, 0.3) is 5.91 Å². The zero-order valence-corrected chi connectivity index (χ0v) is 6.87. The molecule has 0 aliphatic rings. The fourth-order valence-corrected chi connectivity index (χ4v) is 0.708. The van der Waals surface area contributed by atoms with Crippen LogP contribution in [-0.2, 0) is 0 Å². The van der Waals surface area contributed by atoms with Crippen molar-refractivity contribution >= 4 is 11.9 Å². The van der Waals surface area contributed by atoms with Gasteiger partial charge in [0.15, 0.2) is 0 Å². The first kappa shape index (κ1) is 9.06. The van der Waals surface area contributed by atoms with Gasteiger partial charge in [-0.15, -0.1) is 17.4 Å². The van der Waals surface area contributed by atoms with E-state index in [0.717, 1.165) is 0 Å². The van der Waals surface area contributed by atoms with Gasteiger partial charge in [-0.1, -0.05) is 0 Å². The summed E-state index contributed by atoms with van der Waals surface area (Å²) in [6, 6.07) is 0. The average Bonchev–Trinajstić information content (AvgIpc) is 2.52. The van der Waals surface area contributed by atoms with E-state index >= 15 is 0 Å². The minimum Gasteiger partial charge on any atom is -0.366 e. The molecule has 6 heteroatoms. The Labute approximate surface area is 74.9 Å². The van der Waals surface area contributed by atoms with Crippen LogP contribution in [0.3, 0.4) is 0 Å². The Bertz CT molecular complexity index is 337. The van der Waals surface area contributed by atoms with Gasteiger partial charge in [-0.05, 0) is 0 Å². The number of hydrogen-bond donors (Lipinski definition) is 3. The smallest absolute Gasteiger partial charge is 0.288 e. The molecular weight excluding hydrogens is 170 g/mol. The number of H-pyrrole nitrogens is 1. The fourth-order valence-electron chi connectivity index (χ4n) is 0.708. The fraction of sp³-hybridized carbons (Fsp3) is 0.286. The van der Waals surface area contributed by atoms with E-state index in [4.69, 9.17) is 12.2 Å². The van der Waals surface area contributed by atoms with Crippen molar-refractivity contribution in [3.05, 3.63) is 5.82 Å². The Morgan fingerprint density at radius 3 is 3.08 bits per heavy atom. The van der Waals surface area contributed by atoms with Crippen molar-refractivity contribution in [2.45, 2.75) is 6.42 Å². The van der Waals surface area contributed by atoms with Gasteiger partial charge in [0.05, 0.1) is 0 Å². The second-order valence-electron chi connectivity index (χ2n) is 2.25. The number of nitrogens with one attached hydrogen (secondary N) is 2. The molecule has 0 fully saturated rings. The number of aromatic nitrogens is 3. The van der Waals surface area contributed by atoms with Crippen LogP contribution < -0.4 is 11.1 Å². The quantitative estimate of drug-likeness (QED) is 0.415. The maximum atomic E-state index is 11.2. The number of nitrogens with zero attached hydrogens (tertiary/aromatic N) is 2. The van der Waals surface area contributed by atoms with Gasteiger partial charge < -0.3 is 11.1 Å². The molecule has 0 aliphatic carbocycles. The summed E-state index contributed by atoms with van der Waals surface area (Å²) in [4.78, 5) is 14.8. The monoisotopic (exact) mass is 179 g/mol. The summed E-state index contributed by atoms with van der Waals surface area (Å²) in [5.74, 6) is 2.17. The molecular formula is C7H9N5O. The van der Waals surface area contributed by atoms with E-state index in [0.29, 0.717) is 13.0 Å². The molecule has 0 spiro atoms. The van der Waals surface area contributed by atoms with Crippen LogP contribution in [-0.4, -0.2) is 27.6 Å². The molecule has 0 atom stereocenters. The van der Waals surface area contributed by atoms with E-state index in [-0.39, 0.29) is 17.7 Å². The van der Waals surface area contributed by atoms with E-state index in [1.54, 1.807) is 0 Å². The van der Waals surface area contributed by atoms with Gasteiger partial charge in [-0.25, -0.2) is 0 Å². The third-order valence-corrected chi connectivity index (χ3v) is 1.27. The van der Waals surface area contributed by atoms with Crippen molar-refractivity contribution in [3.8, 4) is 12.3 Å². The van der Waals surface area contributed by atoms with Crippen LogP contribution in [0.15, 0.2) is 0 Å². The summed E-state index contributed by atoms with van der Waals surface area (Å²) in [6.45, 7) is 0.413. The standard InChI is InChI=1S/C7H9N5O/c1-2-3-4-9-6(13)5-10-7(8)12-11-5/h1H,3-4H2,(H,9,13)(H3,8,10,11,12). The van der Waals surface area contributed by atoms with Gasteiger partial charge in [-0.3, -0.25) is 9.89 Å². The maximum Gasteiger partial charge on any atom is 0.288 e. The molecule has 0 saturated heterocycles. The summed E-state index contributed by atoms with van der Waals surface area (Å²) >= 11 is 0. The lowest BCUT2D eigenvalue weighted by atomic mass is 10.4. The van der Waals surface area contributed by atoms with E-state index in [9.17, 15) is 4.79 Å². The lowest BCUT2D eigenvalue weighted by Gasteiger charge is -1.97. The molecule has 0 radical (unpaired) electrons. The Kier molecular flexibility index (Phi) is 2.87. The van der Waals surface area contributed by atoms with Crippen molar-refractivity contribution in [2.24, 2.45) is 0 Å². The van der Waals surface area contributed by atoms with Crippen molar-refractivity contribution in [1.82, 2.24) is 20.5 Å². The maximum absolute atomic E-state index is 11.2. The summed E-state index contributed by atoms with van der Waals surface area (Å²) in [5.41, 5.74) is 5.21. The van der Waals surface area contributed by atoms with Gasteiger partial charge in [-0.2, -0.15) is 4.98 Å². The molecule has 1 heterocycles. The highest BCUT2D eigenvalue weighted by Gasteiger charge is 2.08. The van der Waals surface area contributed by atoms with E-state index in [2.05, 4.69) is 26.4 Å². The number of anilines is 1. The number of terminal acetylenes is 1. The zero-order valence-electron chi connectivity index (χ0n) is 6.87. The first-order valence-electron chi connectivity index (χ1n) is 3.63. The topological polar surface area (TPSA) is 96.7 Å². The van der Waals surface area contributed by atoms with Crippen LogP contribution in [0.4, 0.5) is 5.95 Å². The predicted molar refractivity (Wildman–Crippen MR) is 46.6 cm³/mol. The minimum atomic E-state index is -0.362. The lowest BCUT2D eigenvalue weighted by Crippen LogP contribution is -2.25. The molecule has 13 heavy (non-hydrogen) atoms. The predicted octanol–water partition coefficient (Wildman–Crippen LogP) is -0.860. The molecule has 4 N–H and O–H groups in total. The van der Waals surface area contributed by atoms with Crippen LogP contribution in [0, 0.1) is 12.3 Å². The van der Waals surface area contributed by atoms with Gasteiger partial charge in [0.1, 0.15) is 0 Å². The number of nitrogen functional groups attached to an aromatic ring is 1. The number of rotatable bonds is 3. The largest absolute Gasteiger partial charge is 0.366 e. The average molecular weight is 179 g/mol. The first-order valence-corrected chi connectivity index (χ1v) is 3.63. The summed E-state index contributed by atoms with van der Waals surface area (Å²) in [6.07, 6.45) is 5.48. The van der Waals surface area contributed by atoms with Crippen molar-refractivity contribution < 1.29 is 4.79 Å². The highest BCUT2D eigenvalue weighted by molar-refractivity contribution is 5.90. The second-order valence-corrected chi connectivity index (χ2v) is 2.25. The molecule has 6 nitrogen and oxygen atoms in total. The minimum absolute atomic E-state index is 0.0436. The first-order chi connectivity index (χ1) is 6.24. The molecule has 1 amide bonds. The molecule has 1 rings (SSSR count). The molecule has 0 aromatic carbocycles. The molecule has 1 aromatic rings. The Balaban J connectivity index is 2.45. The molecule has 0 aliphatic heterocycles. The Morgan fingerprint density at radius 2 is 2.54 bits per heavy atom. The Morgan fingerprint density at radius 1 is 1.77 bits per heavy atom. The number of aromatic amines is 1. The normalized spacial score (nSPS) is 9.15. The van der Waals surface area contributed by atoms with Crippen molar-refractivity contribution in [2.75, 3.05) is 12.3 Å². The molecule has 0 unspecified atom stereocenters. The van der Waals surface area contributed by atoms with E-state index in [1.165, 1.54) is 0 Å². The van der Waals surface area contributed by atoms with Crippen molar-refractivity contribution in [1.29, 1.82) is 0 Å². The van der Waals surface area contributed by atoms with Gasteiger partial charge in [0, 0.05) is 13.0 Å². The number of amides is 1. The zero-order chi connectivity index (χ0) is 9.68. The number of nitrogens with two attached hydrogens (primary N) is 1. The Hall–Kier alpha value is -2.03. The highest BCUT2D eigenvalue weighted by atomic mass is 16.2. The third kappa shape index (κ3) is 2.48. The molecule has 0 bridgehead atoms. The van der Waals surface area contributed by atoms with Crippen LogP contribution in [0.25, 0.3) is 0 Å². The van der Waals surface area contributed by atoms with Gasteiger partial charge in [0.2, 0.25) is 11.8 Å². The summed E-state index contributed by atoms with van der Waals surface area (Å²) < 4.78 is 0. The lowest BCUT2D eigenvalue weighted by molar-refractivity contribution is 0.0944. The van der Waals surface area contributed by atoms with Crippen LogP contribution in [0.5, 0.6) is 0 Å². The van der Waals surface area contributed by atoms with E-state index < -0.39 is 0 Å². The highest BCUT2D eigenvalue weighted by Crippen LogP contribution is 1.91. The molecule has 68 valence electrons. The summed E-state index contributed by atoms with van der Waals surface area (Å²) in [5, 5.41) is 8.43. The molecule has 0 saturated carbocycles.